The summed E-state index contributed by atoms with van der Waals surface area (Å²) < 4.78 is 18.9. The Balaban J connectivity index is 2.71. The van der Waals surface area contributed by atoms with Crippen LogP contribution >= 0.6 is 11.8 Å². The number of halogens is 1. The van der Waals surface area contributed by atoms with Crippen molar-refractivity contribution in [2.75, 3.05) is 19.9 Å². The summed E-state index contributed by atoms with van der Waals surface area (Å²) in [4.78, 5) is 0. The Hall–Kier alpha value is -0.740. The molecular weight excluding hydrogens is 273 g/mol. The Morgan fingerprint density at radius 2 is 2.00 bits per heavy atom. The third-order valence-corrected chi connectivity index (χ3v) is 5.72. The predicted molar refractivity (Wildman–Crippen MR) is 86.2 cm³/mol. The molecule has 20 heavy (non-hydrogen) atoms. The molecule has 0 saturated carbocycles. The van der Waals surface area contributed by atoms with Gasteiger partial charge in [-0.25, -0.2) is 4.39 Å². The second kappa shape index (κ2) is 7.89. The van der Waals surface area contributed by atoms with Gasteiger partial charge in [0.15, 0.2) is 11.6 Å². The van der Waals surface area contributed by atoms with Crippen molar-refractivity contribution in [2.24, 2.45) is 0 Å². The van der Waals surface area contributed by atoms with Gasteiger partial charge in [-0.2, -0.15) is 11.8 Å². The maximum absolute atomic E-state index is 13.7. The van der Waals surface area contributed by atoms with Crippen LogP contribution in [0.1, 0.15) is 45.2 Å². The lowest BCUT2D eigenvalue weighted by atomic mass is 10.0. The number of thioether (sulfide) groups is 1. The molecule has 114 valence electrons. The summed E-state index contributed by atoms with van der Waals surface area (Å²) in [6.45, 7) is 7.44. The molecule has 0 radical (unpaired) electrons. The minimum Gasteiger partial charge on any atom is -0.494 e. The summed E-state index contributed by atoms with van der Waals surface area (Å²) in [5.74, 6) is -0.0118. The van der Waals surface area contributed by atoms with Gasteiger partial charge in [0.05, 0.1) is 7.11 Å². The summed E-state index contributed by atoms with van der Waals surface area (Å²) in [5, 5.41) is 3.53. The number of hydrogen-bond acceptors (Lipinski definition) is 3. The Labute approximate surface area is 126 Å². The van der Waals surface area contributed by atoms with Crippen LogP contribution in [-0.2, 0) is 0 Å². The number of ether oxygens (including phenoxy) is 1. The standard InChI is InChI=1S/C16H26FNOS/c1-6-16(7-2,20-5)11-18-12(3)13-8-9-15(19-4)14(17)10-13/h8-10,12,18H,6-7,11H2,1-5H3. The molecule has 0 spiro atoms. The van der Waals surface area contributed by atoms with Gasteiger partial charge in [-0.05, 0) is 43.7 Å². The van der Waals surface area contributed by atoms with E-state index in [9.17, 15) is 4.39 Å². The third kappa shape index (κ3) is 4.13. The van der Waals surface area contributed by atoms with Gasteiger partial charge in [0.1, 0.15) is 0 Å². The predicted octanol–water partition coefficient (Wildman–Crippen LogP) is 4.41. The van der Waals surface area contributed by atoms with E-state index in [0.717, 1.165) is 24.9 Å². The van der Waals surface area contributed by atoms with E-state index in [4.69, 9.17) is 4.74 Å². The van der Waals surface area contributed by atoms with Crippen LogP contribution < -0.4 is 10.1 Å². The molecule has 0 fully saturated rings. The van der Waals surface area contributed by atoms with Crippen LogP contribution in [0.4, 0.5) is 4.39 Å². The number of hydrogen-bond donors (Lipinski definition) is 1. The van der Waals surface area contributed by atoms with Gasteiger partial charge < -0.3 is 10.1 Å². The normalized spacial score (nSPS) is 13.3. The van der Waals surface area contributed by atoms with Crippen molar-refractivity contribution in [3.63, 3.8) is 0 Å². The first-order valence-corrected chi connectivity index (χ1v) is 8.36. The molecule has 0 bridgehead atoms. The van der Waals surface area contributed by atoms with E-state index in [1.54, 1.807) is 12.1 Å². The highest BCUT2D eigenvalue weighted by Crippen LogP contribution is 2.30. The first kappa shape index (κ1) is 17.3. The van der Waals surface area contributed by atoms with Gasteiger partial charge in [-0.1, -0.05) is 19.9 Å². The molecule has 0 aromatic heterocycles. The number of methoxy groups -OCH3 is 1. The van der Waals surface area contributed by atoms with E-state index in [1.807, 2.05) is 17.8 Å². The van der Waals surface area contributed by atoms with Crippen molar-refractivity contribution in [3.8, 4) is 5.75 Å². The molecule has 4 heteroatoms. The smallest absolute Gasteiger partial charge is 0.165 e. The van der Waals surface area contributed by atoms with Gasteiger partial charge in [-0.3, -0.25) is 0 Å². The highest BCUT2D eigenvalue weighted by Gasteiger charge is 2.25. The minimum absolute atomic E-state index is 0.125. The first-order valence-electron chi connectivity index (χ1n) is 7.13. The summed E-state index contributed by atoms with van der Waals surface area (Å²) in [5.41, 5.74) is 0.950. The molecule has 1 atom stereocenters. The molecule has 0 heterocycles. The molecule has 0 aliphatic heterocycles. The van der Waals surface area contributed by atoms with Gasteiger partial charge in [0.2, 0.25) is 0 Å². The molecule has 2 nitrogen and oxygen atoms in total. The number of nitrogens with one attached hydrogen (secondary N) is 1. The van der Waals surface area contributed by atoms with Crippen LogP contribution in [0.15, 0.2) is 18.2 Å². The molecule has 1 unspecified atom stereocenters. The van der Waals surface area contributed by atoms with Crippen LogP contribution in [0.3, 0.4) is 0 Å². The first-order chi connectivity index (χ1) is 9.51. The Morgan fingerprint density at radius 1 is 1.35 bits per heavy atom. The minimum atomic E-state index is -0.305. The maximum Gasteiger partial charge on any atom is 0.165 e. The lowest BCUT2D eigenvalue weighted by Crippen LogP contribution is -2.37. The lowest BCUT2D eigenvalue weighted by molar-refractivity contribution is 0.385. The summed E-state index contributed by atoms with van der Waals surface area (Å²) >= 11 is 1.91. The Kier molecular flexibility index (Phi) is 6.83. The van der Waals surface area contributed by atoms with Crippen molar-refractivity contribution in [1.29, 1.82) is 0 Å². The fraction of sp³-hybridized carbons (Fsp3) is 0.625. The van der Waals surface area contributed by atoms with E-state index >= 15 is 0 Å². The van der Waals surface area contributed by atoms with E-state index in [0.29, 0.717) is 5.75 Å². The van der Waals surface area contributed by atoms with Gasteiger partial charge in [-0.15, -0.1) is 0 Å². The average molecular weight is 299 g/mol. The molecule has 0 saturated heterocycles. The Morgan fingerprint density at radius 3 is 2.45 bits per heavy atom. The molecule has 1 aromatic rings. The van der Waals surface area contributed by atoms with E-state index < -0.39 is 0 Å². The third-order valence-electron chi connectivity index (χ3n) is 4.13. The molecule has 0 amide bonds. The lowest BCUT2D eigenvalue weighted by Gasteiger charge is -2.31. The highest BCUT2D eigenvalue weighted by molar-refractivity contribution is 8.00. The van der Waals surface area contributed by atoms with Gasteiger partial charge >= 0.3 is 0 Å². The number of benzene rings is 1. The van der Waals surface area contributed by atoms with Crippen LogP contribution in [0.5, 0.6) is 5.75 Å². The SMILES string of the molecule is CCC(CC)(CNC(C)c1ccc(OC)c(F)c1)SC. The van der Waals surface area contributed by atoms with Crippen molar-refractivity contribution < 1.29 is 9.13 Å². The molecule has 1 rings (SSSR count). The van der Waals surface area contributed by atoms with Gasteiger partial charge in [0, 0.05) is 17.3 Å². The van der Waals surface area contributed by atoms with Crippen LogP contribution in [0.2, 0.25) is 0 Å². The van der Waals surface area contributed by atoms with Crippen LogP contribution in [-0.4, -0.2) is 24.7 Å². The second-order valence-corrected chi connectivity index (χ2v) is 6.37. The van der Waals surface area contributed by atoms with E-state index in [2.05, 4.69) is 32.3 Å². The topological polar surface area (TPSA) is 21.3 Å². The largest absolute Gasteiger partial charge is 0.494 e. The Bertz CT molecular complexity index is 413. The zero-order chi connectivity index (χ0) is 15.2. The zero-order valence-corrected chi connectivity index (χ0v) is 13.9. The van der Waals surface area contributed by atoms with Crippen molar-refractivity contribution in [2.45, 2.75) is 44.4 Å². The fourth-order valence-corrected chi connectivity index (χ4v) is 3.07. The van der Waals surface area contributed by atoms with Crippen molar-refractivity contribution in [1.82, 2.24) is 5.32 Å². The van der Waals surface area contributed by atoms with E-state index in [-0.39, 0.29) is 16.6 Å². The molecule has 0 aliphatic rings. The molecular formula is C16H26FNOS. The zero-order valence-electron chi connectivity index (χ0n) is 13.1. The quantitative estimate of drug-likeness (QED) is 0.768. The maximum atomic E-state index is 13.7. The summed E-state index contributed by atoms with van der Waals surface area (Å²) in [6, 6.07) is 5.28. The fourth-order valence-electron chi connectivity index (χ4n) is 2.27. The monoisotopic (exact) mass is 299 g/mol. The highest BCUT2D eigenvalue weighted by atomic mass is 32.2. The molecule has 1 aromatic carbocycles. The van der Waals surface area contributed by atoms with Crippen LogP contribution in [0.25, 0.3) is 0 Å². The summed E-state index contributed by atoms with van der Waals surface area (Å²) in [6.07, 6.45) is 4.41. The van der Waals surface area contributed by atoms with Crippen molar-refractivity contribution in [3.05, 3.63) is 29.6 Å². The van der Waals surface area contributed by atoms with Crippen LogP contribution in [0, 0.1) is 5.82 Å². The number of rotatable bonds is 8. The van der Waals surface area contributed by atoms with Crippen molar-refractivity contribution >= 4 is 11.8 Å². The second-order valence-electron chi connectivity index (χ2n) is 5.09. The molecule has 0 aliphatic carbocycles. The molecule has 1 N–H and O–H groups in total. The van der Waals surface area contributed by atoms with E-state index in [1.165, 1.54) is 7.11 Å². The summed E-state index contributed by atoms with van der Waals surface area (Å²) in [7, 11) is 1.48. The average Bonchev–Trinajstić information content (AvgIpc) is 2.49. The van der Waals surface area contributed by atoms with Gasteiger partial charge in [0.25, 0.3) is 0 Å².